The van der Waals surface area contributed by atoms with Crippen LogP contribution in [0.5, 0.6) is 0 Å². The van der Waals surface area contributed by atoms with Crippen molar-refractivity contribution in [2.75, 3.05) is 20.3 Å². The minimum atomic E-state index is -1.21. The molecule has 1 fully saturated rings. The minimum absolute atomic E-state index is 0.158. The number of benzene rings is 2. The zero-order chi connectivity index (χ0) is 27.1. The number of fused-ring (bicyclic) bond motifs is 3. The van der Waals surface area contributed by atoms with Crippen LogP contribution in [0.2, 0.25) is 0 Å². The van der Waals surface area contributed by atoms with Crippen LogP contribution in [0.3, 0.4) is 0 Å². The summed E-state index contributed by atoms with van der Waals surface area (Å²) in [6, 6.07) is 12.4. The number of rotatable bonds is 6. The number of methoxy groups -OCH3 is 1. The topological polar surface area (TPSA) is 106 Å². The van der Waals surface area contributed by atoms with E-state index in [9.17, 15) is 19.5 Å². The molecule has 1 aliphatic heterocycles. The highest BCUT2D eigenvalue weighted by Gasteiger charge is 2.52. The van der Waals surface area contributed by atoms with E-state index in [0.29, 0.717) is 0 Å². The molecule has 4 rings (SSSR count). The Hall–Kier alpha value is -3.43. The van der Waals surface area contributed by atoms with E-state index in [-0.39, 0.29) is 13.2 Å². The Kier molecular flexibility index (Phi) is 7.05. The lowest BCUT2D eigenvalue weighted by molar-refractivity contribution is -0.162. The number of hydrogen-bond donors (Lipinski definition) is 1. The number of amides is 2. The Morgan fingerprint density at radius 2 is 1.62 bits per heavy atom. The number of hydrogen-bond acceptors (Lipinski definition) is 6. The fourth-order valence-electron chi connectivity index (χ4n) is 5.11. The van der Waals surface area contributed by atoms with Gasteiger partial charge in [0.15, 0.2) is 6.04 Å². The molecule has 1 heterocycles. The van der Waals surface area contributed by atoms with Crippen LogP contribution in [-0.4, -0.2) is 76.6 Å². The van der Waals surface area contributed by atoms with Crippen molar-refractivity contribution in [3.63, 3.8) is 0 Å². The number of carbonyl (C=O) groups is 3. The molecule has 2 atom stereocenters. The van der Waals surface area contributed by atoms with Crippen LogP contribution in [0.4, 0.5) is 4.79 Å². The summed E-state index contributed by atoms with van der Waals surface area (Å²) in [5, 5.41) is 9.86. The molecular weight excluding hydrogens is 476 g/mol. The fourth-order valence-corrected chi connectivity index (χ4v) is 5.11. The number of ether oxygens (including phenoxy) is 3. The standard InChI is InChI=1S/C28H34N2O7/c1-27(2,3)36-15-21(24(31)30-22(25(32)33)16-37-28(30,4)5)29(26(34)35-6)23-19-13-9-7-11-17(19)18-12-8-10-14-20(18)23/h7-14,21-23H,15-16H2,1-6H3,(H,32,33)/t21?,22-/m0/s1. The van der Waals surface area contributed by atoms with Gasteiger partial charge in [-0.1, -0.05) is 48.5 Å². The lowest BCUT2D eigenvalue weighted by atomic mass is 10.0. The molecule has 2 aliphatic rings. The summed E-state index contributed by atoms with van der Waals surface area (Å²) in [4.78, 5) is 42.5. The fraction of sp³-hybridized carbons (Fsp3) is 0.464. The monoisotopic (exact) mass is 510 g/mol. The van der Waals surface area contributed by atoms with E-state index in [1.54, 1.807) is 13.8 Å². The van der Waals surface area contributed by atoms with Crippen LogP contribution in [-0.2, 0) is 23.8 Å². The van der Waals surface area contributed by atoms with Gasteiger partial charge >= 0.3 is 12.1 Å². The third kappa shape index (κ3) is 4.93. The predicted molar refractivity (Wildman–Crippen MR) is 136 cm³/mol. The number of nitrogens with zero attached hydrogens (tertiary/aromatic N) is 2. The number of carboxylic acid groups (broad SMARTS) is 1. The molecule has 0 saturated carbocycles. The third-order valence-electron chi connectivity index (χ3n) is 6.77. The second-order valence-corrected chi connectivity index (χ2v) is 10.7. The molecule has 1 unspecified atom stereocenters. The summed E-state index contributed by atoms with van der Waals surface area (Å²) in [5.74, 6) is -1.78. The molecule has 0 aromatic heterocycles. The number of aliphatic carboxylic acids is 1. The van der Waals surface area contributed by atoms with E-state index >= 15 is 0 Å². The maximum atomic E-state index is 14.3. The molecule has 198 valence electrons. The van der Waals surface area contributed by atoms with Crippen molar-refractivity contribution in [2.45, 2.75) is 64.1 Å². The normalized spacial score (nSPS) is 19.2. The van der Waals surface area contributed by atoms with Crippen molar-refractivity contribution < 1.29 is 33.7 Å². The minimum Gasteiger partial charge on any atom is -0.480 e. The maximum Gasteiger partial charge on any atom is 0.411 e. The van der Waals surface area contributed by atoms with Gasteiger partial charge in [-0.05, 0) is 56.9 Å². The summed E-state index contributed by atoms with van der Waals surface area (Å²) >= 11 is 0. The van der Waals surface area contributed by atoms with Gasteiger partial charge in [0.05, 0.1) is 32.0 Å². The molecule has 0 spiro atoms. The molecular formula is C28H34N2O7. The summed E-state index contributed by atoms with van der Waals surface area (Å²) in [6.45, 7) is 8.49. The molecule has 9 heteroatoms. The zero-order valence-corrected chi connectivity index (χ0v) is 22.1. The van der Waals surface area contributed by atoms with Gasteiger partial charge in [0.1, 0.15) is 11.8 Å². The van der Waals surface area contributed by atoms with Crippen molar-refractivity contribution in [1.82, 2.24) is 9.80 Å². The summed E-state index contributed by atoms with van der Waals surface area (Å²) in [7, 11) is 1.26. The van der Waals surface area contributed by atoms with Gasteiger partial charge in [-0.25, -0.2) is 9.59 Å². The molecule has 0 bridgehead atoms. The van der Waals surface area contributed by atoms with E-state index in [1.807, 2.05) is 69.3 Å². The van der Waals surface area contributed by atoms with E-state index in [2.05, 4.69) is 0 Å². The lowest BCUT2D eigenvalue weighted by Gasteiger charge is -2.41. The maximum absolute atomic E-state index is 14.3. The van der Waals surface area contributed by atoms with Crippen LogP contribution < -0.4 is 0 Å². The first kappa shape index (κ1) is 26.6. The Balaban J connectivity index is 1.87. The highest BCUT2D eigenvalue weighted by atomic mass is 16.5. The van der Waals surface area contributed by atoms with Crippen molar-refractivity contribution in [3.05, 3.63) is 59.7 Å². The van der Waals surface area contributed by atoms with E-state index in [1.165, 1.54) is 16.9 Å². The summed E-state index contributed by atoms with van der Waals surface area (Å²) < 4.78 is 17.0. The van der Waals surface area contributed by atoms with Gasteiger partial charge in [-0.15, -0.1) is 0 Å². The summed E-state index contributed by atoms with van der Waals surface area (Å²) in [6.07, 6.45) is -0.725. The van der Waals surface area contributed by atoms with Crippen molar-refractivity contribution in [2.24, 2.45) is 0 Å². The van der Waals surface area contributed by atoms with Crippen LogP contribution in [0.25, 0.3) is 11.1 Å². The largest absolute Gasteiger partial charge is 0.480 e. The molecule has 0 radical (unpaired) electrons. The zero-order valence-electron chi connectivity index (χ0n) is 22.1. The summed E-state index contributed by atoms with van der Waals surface area (Å²) in [5.41, 5.74) is 1.76. The highest BCUT2D eigenvalue weighted by molar-refractivity contribution is 5.91. The molecule has 1 N–H and O–H groups in total. The second kappa shape index (κ2) is 9.79. The first-order chi connectivity index (χ1) is 17.4. The molecule has 1 saturated heterocycles. The van der Waals surface area contributed by atoms with Crippen LogP contribution in [0, 0.1) is 0 Å². The van der Waals surface area contributed by atoms with Gasteiger partial charge in [-0.3, -0.25) is 14.6 Å². The van der Waals surface area contributed by atoms with Gasteiger partial charge < -0.3 is 19.3 Å². The van der Waals surface area contributed by atoms with E-state index in [0.717, 1.165) is 22.3 Å². The SMILES string of the molecule is COC(=O)N(C(COC(C)(C)C)C(=O)N1[C@H](C(=O)O)COC1(C)C)C1c2ccccc2-c2ccccc21. The highest BCUT2D eigenvalue weighted by Crippen LogP contribution is 2.47. The average Bonchev–Trinajstić information content (AvgIpc) is 3.34. The Morgan fingerprint density at radius 1 is 1.08 bits per heavy atom. The first-order valence-corrected chi connectivity index (χ1v) is 12.3. The average molecular weight is 511 g/mol. The van der Waals surface area contributed by atoms with E-state index < -0.39 is 47.4 Å². The Labute approximate surface area is 216 Å². The van der Waals surface area contributed by atoms with Crippen molar-refractivity contribution in [1.29, 1.82) is 0 Å². The van der Waals surface area contributed by atoms with Crippen LogP contribution in [0.15, 0.2) is 48.5 Å². The molecule has 2 amide bonds. The molecule has 2 aromatic carbocycles. The molecule has 9 nitrogen and oxygen atoms in total. The molecule has 2 aromatic rings. The van der Waals surface area contributed by atoms with Gasteiger partial charge in [0.25, 0.3) is 5.91 Å². The predicted octanol–water partition coefficient (Wildman–Crippen LogP) is 4.06. The Morgan fingerprint density at radius 3 is 2.11 bits per heavy atom. The second-order valence-electron chi connectivity index (χ2n) is 10.7. The number of carboxylic acids is 1. The van der Waals surface area contributed by atoms with Gasteiger partial charge in [0.2, 0.25) is 0 Å². The smallest absolute Gasteiger partial charge is 0.411 e. The van der Waals surface area contributed by atoms with Gasteiger partial charge in [-0.2, -0.15) is 0 Å². The first-order valence-electron chi connectivity index (χ1n) is 12.3. The quantitative estimate of drug-likeness (QED) is 0.625. The van der Waals surface area contributed by atoms with Crippen LogP contribution >= 0.6 is 0 Å². The molecule has 1 aliphatic carbocycles. The Bertz CT molecular complexity index is 1160. The lowest BCUT2D eigenvalue weighted by Crippen LogP contribution is -2.60. The number of carbonyl (C=O) groups excluding carboxylic acids is 2. The van der Waals surface area contributed by atoms with Crippen molar-refractivity contribution in [3.8, 4) is 11.1 Å². The molecule has 37 heavy (non-hydrogen) atoms. The van der Waals surface area contributed by atoms with Gasteiger partial charge in [0, 0.05) is 0 Å². The third-order valence-corrected chi connectivity index (χ3v) is 6.77. The van der Waals surface area contributed by atoms with E-state index in [4.69, 9.17) is 14.2 Å². The van der Waals surface area contributed by atoms with Crippen LogP contribution in [0.1, 0.15) is 51.8 Å². The van der Waals surface area contributed by atoms with Crippen molar-refractivity contribution >= 4 is 18.0 Å².